The van der Waals surface area contributed by atoms with Gasteiger partial charge in [0.05, 0.1) is 5.41 Å². The maximum atomic E-state index is 6.18. The summed E-state index contributed by atoms with van der Waals surface area (Å²) in [5, 5.41) is 2.28. The van der Waals surface area contributed by atoms with E-state index in [1.807, 2.05) is 12.1 Å². The molecule has 10 aromatic rings. The van der Waals surface area contributed by atoms with Crippen LogP contribution in [0.5, 0.6) is 0 Å². The lowest BCUT2D eigenvalue weighted by Gasteiger charge is -2.32. The first-order valence-electron chi connectivity index (χ1n) is 21.0. The van der Waals surface area contributed by atoms with E-state index in [1.54, 1.807) is 0 Å². The highest BCUT2D eigenvalue weighted by Crippen LogP contribution is 2.63. The average molecular weight is 766 g/mol. The molecule has 0 atom stereocenters. The first-order valence-corrected chi connectivity index (χ1v) is 21.0. The Balaban J connectivity index is 1.02. The lowest BCUT2D eigenvalue weighted by Crippen LogP contribution is -2.26. The van der Waals surface area contributed by atoms with Crippen LogP contribution in [0.4, 0.5) is 17.1 Å². The van der Waals surface area contributed by atoms with Crippen LogP contribution < -0.4 is 4.90 Å². The largest absolute Gasteiger partial charge is 0.456 e. The summed E-state index contributed by atoms with van der Waals surface area (Å²) in [6, 6.07) is 74.3. The predicted octanol–water partition coefficient (Wildman–Crippen LogP) is 15.4. The molecule has 1 spiro atoms. The molecular formula is C58H39NO. The van der Waals surface area contributed by atoms with E-state index in [2.05, 4.69) is 207 Å². The number of nitrogens with zero attached hydrogens (tertiary/aromatic N) is 1. The highest BCUT2D eigenvalue weighted by atomic mass is 16.3. The van der Waals surface area contributed by atoms with Crippen LogP contribution in [0, 0.1) is 0 Å². The number of hydrogen-bond acceptors (Lipinski definition) is 2. The molecule has 0 radical (unpaired) electrons. The number of benzene rings is 9. The van der Waals surface area contributed by atoms with Crippen molar-refractivity contribution >= 4 is 39.0 Å². The van der Waals surface area contributed by atoms with Crippen LogP contribution in [0.3, 0.4) is 0 Å². The quantitative estimate of drug-likeness (QED) is 0.177. The second kappa shape index (κ2) is 12.1. The third-order valence-electron chi connectivity index (χ3n) is 13.9. The van der Waals surface area contributed by atoms with E-state index in [4.69, 9.17) is 4.42 Å². The van der Waals surface area contributed by atoms with Crippen molar-refractivity contribution in [2.24, 2.45) is 0 Å². The van der Waals surface area contributed by atoms with Gasteiger partial charge in [0.25, 0.3) is 0 Å². The second-order valence-corrected chi connectivity index (χ2v) is 17.2. The predicted molar refractivity (Wildman–Crippen MR) is 248 cm³/mol. The summed E-state index contributed by atoms with van der Waals surface area (Å²) in [5.74, 6) is 0. The molecule has 2 nitrogen and oxygen atoms in total. The summed E-state index contributed by atoms with van der Waals surface area (Å²) >= 11 is 0. The zero-order chi connectivity index (χ0) is 39.7. The van der Waals surface area contributed by atoms with Crippen molar-refractivity contribution in [1.29, 1.82) is 0 Å². The summed E-state index contributed by atoms with van der Waals surface area (Å²) in [5.41, 5.74) is 23.0. The number of rotatable bonds is 4. The molecule has 0 saturated heterocycles. The number of anilines is 3. The Labute approximate surface area is 349 Å². The number of para-hydroxylation sites is 1. The molecule has 1 heterocycles. The van der Waals surface area contributed by atoms with Gasteiger partial charge in [-0.3, -0.25) is 0 Å². The molecule has 0 fully saturated rings. The minimum atomic E-state index is -0.428. The highest BCUT2D eigenvalue weighted by molar-refractivity contribution is 6.06. The maximum absolute atomic E-state index is 6.18. The standard InChI is InChI=1S/C58H39NO/c1-57(2)49-18-8-3-13-41(49)45-30-28-39(34-53(45)57)59(38-26-23-36(24-27-38)37-25-32-56-48(33-37)47-17-7-12-22-55(47)60-56)40-29-31-46-44-16-6-11-21-52(44)58(54(46)35-40)50-19-9-4-14-42(50)43-15-5-10-20-51(43)58/h3-35H,1-2H3. The summed E-state index contributed by atoms with van der Waals surface area (Å²) in [6.07, 6.45) is 0. The van der Waals surface area contributed by atoms with E-state index in [0.29, 0.717) is 0 Å². The van der Waals surface area contributed by atoms with Crippen LogP contribution in [0.1, 0.15) is 47.2 Å². The van der Waals surface area contributed by atoms with Gasteiger partial charge in [0.1, 0.15) is 11.2 Å². The van der Waals surface area contributed by atoms with Crippen molar-refractivity contribution in [2.75, 3.05) is 4.90 Å². The van der Waals surface area contributed by atoms with Crippen molar-refractivity contribution in [3.05, 3.63) is 234 Å². The zero-order valence-electron chi connectivity index (χ0n) is 33.4. The lowest BCUT2D eigenvalue weighted by molar-refractivity contribution is 0.660. The summed E-state index contributed by atoms with van der Waals surface area (Å²) in [7, 11) is 0. The molecule has 1 aromatic heterocycles. The van der Waals surface area contributed by atoms with Gasteiger partial charge < -0.3 is 9.32 Å². The molecule has 0 N–H and O–H groups in total. The van der Waals surface area contributed by atoms with Crippen LogP contribution in [-0.4, -0.2) is 0 Å². The van der Waals surface area contributed by atoms with Crippen molar-refractivity contribution in [2.45, 2.75) is 24.7 Å². The van der Waals surface area contributed by atoms with E-state index in [-0.39, 0.29) is 5.41 Å². The Morgan fingerprint density at radius 2 is 0.783 bits per heavy atom. The van der Waals surface area contributed by atoms with Gasteiger partial charge in [-0.15, -0.1) is 0 Å². The Morgan fingerprint density at radius 3 is 1.42 bits per heavy atom. The topological polar surface area (TPSA) is 16.4 Å². The van der Waals surface area contributed by atoms with Gasteiger partial charge in [-0.1, -0.05) is 159 Å². The van der Waals surface area contributed by atoms with Gasteiger partial charge in [-0.25, -0.2) is 0 Å². The fourth-order valence-corrected chi connectivity index (χ4v) is 11.2. The van der Waals surface area contributed by atoms with Crippen LogP contribution in [0.2, 0.25) is 0 Å². The molecule has 282 valence electrons. The minimum Gasteiger partial charge on any atom is -0.456 e. The molecule has 3 aliphatic rings. The summed E-state index contributed by atoms with van der Waals surface area (Å²) < 4.78 is 6.18. The fourth-order valence-electron chi connectivity index (χ4n) is 11.2. The molecule has 3 aliphatic carbocycles. The molecular weight excluding hydrogens is 727 g/mol. The third kappa shape index (κ3) is 4.38. The first kappa shape index (κ1) is 33.5. The van der Waals surface area contributed by atoms with Crippen LogP contribution in [0.15, 0.2) is 205 Å². The second-order valence-electron chi connectivity index (χ2n) is 17.2. The zero-order valence-corrected chi connectivity index (χ0v) is 33.4. The van der Waals surface area contributed by atoms with E-state index < -0.39 is 5.41 Å². The van der Waals surface area contributed by atoms with Gasteiger partial charge in [-0.05, 0) is 132 Å². The van der Waals surface area contributed by atoms with E-state index in [1.165, 1.54) is 77.9 Å². The normalized spacial score (nSPS) is 14.4. The summed E-state index contributed by atoms with van der Waals surface area (Å²) in [4.78, 5) is 2.47. The lowest BCUT2D eigenvalue weighted by atomic mass is 9.70. The molecule has 2 heteroatoms. The van der Waals surface area contributed by atoms with Crippen molar-refractivity contribution in [3.63, 3.8) is 0 Å². The van der Waals surface area contributed by atoms with Gasteiger partial charge in [-0.2, -0.15) is 0 Å². The molecule has 13 rings (SSSR count). The van der Waals surface area contributed by atoms with E-state index >= 15 is 0 Å². The molecule has 0 amide bonds. The SMILES string of the molecule is CC1(C)c2ccccc2-c2ccc(N(c3ccc(-c4ccc5oc6ccccc6c5c4)cc3)c3ccc4c(c3)C3(c5ccccc5-c5ccccc53)c3ccccc3-4)cc21. The smallest absolute Gasteiger partial charge is 0.135 e. The van der Waals surface area contributed by atoms with E-state index in [0.717, 1.165) is 39.0 Å². The van der Waals surface area contributed by atoms with Gasteiger partial charge >= 0.3 is 0 Å². The van der Waals surface area contributed by atoms with Crippen LogP contribution in [0.25, 0.3) is 66.4 Å². The maximum Gasteiger partial charge on any atom is 0.135 e. The van der Waals surface area contributed by atoms with Crippen LogP contribution >= 0.6 is 0 Å². The van der Waals surface area contributed by atoms with Crippen LogP contribution in [-0.2, 0) is 10.8 Å². The molecule has 0 aliphatic heterocycles. The Kier molecular flexibility index (Phi) is 6.74. The fraction of sp³-hybridized carbons (Fsp3) is 0.0690. The van der Waals surface area contributed by atoms with Crippen molar-refractivity contribution in [1.82, 2.24) is 0 Å². The first-order chi connectivity index (χ1) is 29.5. The molecule has 0 unspecified atom stereocenters. The van der Waals surface area contributed by atoms with E-state index in [9.17, 15) is 0 Å². The monoisotopic (exact) mass is 765 g/mol. The molecule has 9 aromatic carbocycles. The van der Waals surface area contributed by atoms with Gasteiger partial charge in [0, 0.05) is 33.2 Å². The Hall–Kier alpha value is -7.42. The summed E-state index contributed by atoms with van der Waals surface area (Å²) in [6.45, 7) is 4.73. The third-order valence-corrected chi connectivity index (χ3v) is 13.9. The molecule has 60 heavy (non-hydrogen) atoms. The number of hydrogen-bond donors (Lipinski definition) is 0. The highest BCUT2D eigenvalue weighted by Gasteiger charge is 2.51. The molecule has 0 saturated carbocycles. The number of furan rings is 1. The van der Waals surface area contributed by atoms with Crippen molar-refractivity contribution in [3.8, 4) is 44.5 Å². The minimum absolute atomic E-state index is 0.131. The Morgan fingerprint density at radius 1 is 0.333 bits per heavy atom. The van der Waals surface area contributed by atoms with Gasteiger partial charge in [0.15, 0.2) is 0 Å². The number of fused-ring (bicyclic) bond motifs is 16. The average Bonchev–Trinajstić information content (AvgIpc) is 3.99. The van der Waals surface area contributed by atoms with Gasteiger partial charge in [0.2, 0.25) is 0 Å². The van der Waals surface area contributed by atoms with Crippen molar-refractivity contribution < 1.29 is 4.42 Å². The molecule has 0 bridgehead atoms. The Bertz CT molecular complexity index is 3360.